The third-order valence-electron chi connectivity index (χ3n) is 3.96. The van der Waals surface area contributed by atoms with E-state index in [-0.39, 0.29) is 16.5 Å². The van der Waals surface area contributed by atoms with Crippen LogP contribution < -0.4 is 16.2 Å². The molecule has 1 heterocycles. The Bertz CT molecular complexity index is 875. The van der Waals surface area contributed by atoms with Crippen LogP contribution in [0.3, 0.4) is 0 Å². The van der Waals surface area contributed by atoms with Gasteiger partial charge in [-0.25, -0.2) is 14.4 Å². The first-order valence-corrected chi connectivity index (χ1v) is 8.13. The Morgan fingerprint density at radius 1 is 1.15 bits per heavy atom. The molecule has 0 spiro atoms. The van der Waals surface area contributed by atoms with Gasteiger partial charge in [-0.3, -0.25) is 20.4 Å². The predicted molar refractivity (Wildman–Crippen MR) is 89.6 cm³/mol. The predicted octanol–water partition coefficient (Wildman–Crippen LogP) is 2.40. The molecular weight excluding hydrogens is 387 g/mol. The number of benzene rings is 1. The number of carbonyl (C=O) groups is 2. The molecule has 0 aliphatic heterocycles. The van der Waals surface area contributed by atoms with E-state index < -0.39 is 29.6 Å². The van der Waals surface area contributed by atoms with Gasteiger partial charge in [-0.2, -0.15) is 8.78 Å². The highest BCUT2D eigenvalue weighted by atomic mass is 35.5. The van der Waals surface area contributed by atoms with E-state index in [9.17, 15) is 22.8 Å². The van der Waals surface area contributed by atoms with Gasteiger partial charge in [0.15, 0.2) is 0 Å². The molecule has 1 aliphatic carbocycles. The molecule has 0 bridgehead atoms. The fourth-order valence-corrected chi connectivity index (χ4v) is 2.59. The second kappa shape index (κ2) is 7.39. The molecule has 1 aliphatic rings. The van der Waals surface area contributed by atoms with Crippen molar-refractivity contribution < 1.29 is 22.8 Å². The van der Waals surface area contributed by atoms with Crippen molar-refractivity contribution in [3.8, 4) is 0 Å². The van der Waals surface area contributed by atoms with Gasteiger partial charge in [0.25, 0.3) is 5.91 Å². The van der Waals surface area contributed by atoms with E-state index >= 15 is 0 Å². The molecule has 7 nitrogen and oxygen atoms in total. The quantitative estimate of drug-likeness (QED) is 0.671. The molecule has 3 N–H and O–H groups in total. The van der Waals surface area contributed by atoms with Gasteiger partial charge in [0.05, 0.1) is 11.1 Å². The number of halogens is 4. The Hall–Kier alpha value is -2.88. The largest absolute Gasteiger partial charge is 0.345 e. The number of hydrogen-bond donors (Lipinski definition) is 3. The molecule has 0 radical (unpaired) electrons. The summed E-state index contributed by atoms with van der Waals surface area (Å²) in [4.78, 5) is 30.4. The molecular formula is C16H13ClF3N5O2. The van der Waals surface area contributed by atoms with Gasteiger partial charge in [-0.1, -0.05) is 17.7 Å². The molecule has 0 saturated heterocycles. The van der Waals surface area contributed by atoms with Gasteiger partial charge in [-0.05, 0) is 25.0 Å². The summed E-state index contributed by atoms with van der Waals surface area (Å²) in [6, 6.07) is 4.40. The van der Waals surface area contributed by atoms with Crippen molar-refractivity contribution in [1.82, 2.24) is 20.8 Å². The minimum absolute atomic E-state index is 0.0577. The number of rotatable bonds is 5. The highest BCUT2D eigenvalue weighted by Crippen LogP contribution is 2.48. The second-order valence-corrected chi connectivity index (χ2v) is 6.31. The lowest BCUT2D eigenvalue weighted by molar-refractivity contribution is -0.132. The van der Waals surface area contributed by atoms with Crippen LogP contribution in [-0.4, -0.2) is 28.2 Å². The first-order valence-electron chi connectivity index (χ1n) is 7.75. The van der Waals surface area contributed by atoms with Crippen LogP contribution in [-0.2, 0) is 10.3 Å². The minimum atomic E-state index is -3.25. The zero-order valence-electron chi connectivity index (χ0n) is 13.6. The first-order chi connectivity index (χ1) is 12.8. The first kappa shape index (κ1) is 18.9. The fourth-order valence-electron chi connectivity index (χ4n) is 2.43. The third kappa shape index (κ3) is 4.27. The van der Waals surface area contributed by atoms with Gasteiger partial charge in [0.2, 0.25) is 5.95 Å². The van der Waals surface area contributed by atoms with Gasteiger partial charge < -0.3 is 5.32 Å². The monoisotopic (exact) mass is 399 g/mol. The van der Waals surface area contributed by atoms with Gasteiger partial charge in [0.1, 0.15) is 5.82 Å². The van der Waals surface area contributed by atoms with Crippen molar-refractivity contribution in [3.63, 3.8) is 0 Å². The Labute approximate surface area is 156 Å². The van der Waals surface area contributed by atoms with E-state index in [1.807, 2.05) is 5.43 Å². The third-order valence-corrected chi connectivity index (χ3v) is 4.19. The molecule has 3 rings (SSSR count). The van der Waals surface area contributed by atoms with E-state index in [1.54, 1.807) is 17.6 Å². The molecule has 1 fully saturated rings. The van der Waals surface area contributed by atoms with E-state index in [4.69, 9.17) is 11.6 Å². The van der Waals surface area contributed by atoms with E-state index in [0.717, 1.165) is 12.4 Å². The van der Waals surface area contributed by atoms with Crippen LogP contribution in [0.1, 0.15) is 28.8 Å². The normalized spacial score (nSPS) is 14.6. The Morgan fingerprint density at radius 2 is 1.81 bits per heavy atom. The molecule has 11 heteroatoms. The summed E-state index contributed by atoms with van der Waals surface area (Å²) in [6.07, 6.45) is 0.366. The number of amides is 2. The van der Waals surface area contributed by atoms with Crippen molar-refractivity contribution in [3.05, 3.63) is 52.6 Å². The molecule has 2 amide bonds. The van der Waals surface area contributed by atoms with Crippen LogP contribution >= 0.6 is 11.6 Å². The van der Waals surface area contributed by atoms with Crippen molar-refractivity contribution in [2.75, 3.05) is 5.32 Å². The van der Waals surface area contributed by atoms with Crippen LogP contribution in [0.25, 0.3) is 0 Å². The lowest BCUT2D eigenvalue weighted by Gasteiger charge is -2.18. The standard InChI is InChI=1S/C16H13ClF3N5O2/c17-9-1-2-10(11(18)5-9)16(3-4-16)23-15-21-6-8(7-22-15)13(26)24-25-14(27)12(19)20/h1-2,5-7,12H,3-4H2,(H,24,26)(H,25,27)(H,21,22,23). The highest BCUT2D eigenvalue weighted by molar-refractivity contribution is 6.30. The van der Waals surface area contributed by atoms with Gasteiger partial charge in [-0.15, -0.1) is 0 Å². The zero-order valence-corrected chi connectivity index (χ0v) is 14.4. The molecule has 1 aromatic carbocycles. The maximum absolute atomic E-state index is 14.2. The maximum atomic E-state index is 14.2. The topological polar surface area (TPSA) is 96.0 Å². The van der Waals surface area contributed by atoms with Crippen LogP contribution in [0, 0.1) is 5.82 Å². The molecule has 142 valence electrons. The van der Waals surface area contributed by atoms with Gasteiger partial charge >= 0.3 is 12.3 Å². The highest BCUT2D eigenvalue weighted by Gasteiger charge is 2.46. The molecule has 1 saturated carbocycles. The molecule has 27 heavy (non-hydrogen) atoms. The SMILES string of the molecule is O=C(NNC(=O)C(F)F)c1cnc(NC2(c3ccc(Cl)cc3F)CC2)nc1. The Kier molecular flexibility index (Phi) is 5.17. The lowest BCUT2D eigenvalue weighted by Crippen LogP contribution is -2.44. The Balaban J connectivity index is 1.66. The zero-order chi connectivity index (χ0) is 19.6. The number of nitrogens with one attached hydrogen (secondary N) is 3. The molecule has 0 atom stereocenters. The van der Waals surface area contributed by atoms with Crippen LogP contribution in [0.5, 0.6) is 0 Å². The van der Waals surface area contributed by atoms with Gasteiger partial charge in [0, 0.05) is 23.0 Å². The maximum Gasteiger partial charge on any atom is 0.317 e. The van der Waals surface area contributed by atoms with E-state index in [0.29, 0.717) is 18.4 Å². The second-order valence-electron chi connectivity index (χ2n) is 5.87. The smallest absolute Gasteiger partial charge is 0.317 e. The summed E-state index contributed by atoms with van der Waals surface area (Å²) in [5.41, 5.74) is 3.11. The summed E-state index contributed by atoms with van der Waals surface area (Å²) >= 11 is 5.77. The number of nitrogens with zero attached hydrogens (tertiary/aromatic N) is 2. The summed E-state index contributed by atoms with van der Waals surface area (Å²) in [5, 5.41) is 3.32. The van der Waals surface area contributed by atoms with Crippen molar-refractivity contribution >= 4 is 29.4 Å². The lowest BCUT2D eigenvalue weighted by atomic mass is 10.0. The minimum Gasteiger partial charge on any atom is -0.345 e. The number of anilines is 1. The summed E-state index contributed by atoms with van der Waals surface area (Å²) in [6.45, 7) is 0. The van der Waals surface area contributed by atoms with E-state index in [2.05, 4.69) is 15.3 Å². The average Bonchev–Trinajstić information content (AvgIpc) is 3.40. The fraction of sp³-hybridized carbons (Fsp3) is 0.250. The van der Waals surface area contributed by atoms with Crippen LogP contribution in [0.4, 0.5) is 19.1 Å². The number of hydrogen-bond acceptors (Lipinski definition) is 5. The molecule has 2 aromatic rings. The summed E-state index contributed by atoms with van der Waals surface area (Å²) in [5.74, 6) is -2.78. The molecule has 0 unspecified atom stereocenters. The number of hydrazine groups is 1. The average molecular weight is 400 g/mol. The summed E-state index contributed by atoms with van der Waals surface area (Å²) < 4.78 is 38.3. The number of aromatic nitrogens is 2. The summed E-state index contributed by atoms with van der Waals surface area (Å²) in [7, 11) is 0. The van der Waals surface area contributed by atoms with Crippen molar-refractivity contribution in [1.29, 1.82) is 0 Å². The van der Waals surface area contributed by atoms with Crippen LogP contribution in [0.15, 0.2) is 30.6 Å². The van der Waals surface area contributed by atoms with Crippen LogP contribution in [0.2, 0.25) is 5.02 Å². The van der Waals surface area contributed by atoms with Crippen molar-refractivity contribution in [2.45, 2.75) is 24.8 Å². The molecule has 1 aromatic heterocycles. The van der Waals surface area contributed by atoms with Crippen molar-refractivity contribution in [2.24, 2.45) is 0 Å². The number of alkyl halides is 2. The Morgan fingerprint density at radius 3 is 2.37 bits per heavy atom. The van der Waals surface area contributed by atoms with E-state index in [1.165, 1.54) is 6.07 Å². The number of carbonyl (C=O) groups excluding carboxylic acids is 2.